The molecule has 1 aliphatic rings. The number of piperidine rings is 1. The normalized spacial score (nSPS) is 16.3. The molecule has 0 atom stereocenters. The Morgan fingerprint density at radius 2 is 1.87 bits per heavy atom. The number of benzene rings is 1. The molecule has 0 unspecified atom stereocenters. The first-order valence-electron chi connectivity index (χ1n) is 10.2. The molecule has 0 aromatic heterocycles. The summed E-state index contributed by atoms with van der Waals surface area (Å²) in [6.45, 7) is 7.90. The van der Waals surface area contributed by atoms with Gasteiger partial charge in [-0.3, -0.25) is 4.99 Å². The minimum atomic E-state index is -4.31. The first-order valence-corrected chi connectivity index (χ1v) is 10.2. The molecule has 1 aromatic rings. The van der Waals surface area contributed by atoms with Crippen molar-refractivity contribution < 1.29 is 17.9 Å². The van der Waals surface area contributed by atoms with Crippen LogP contribution in [0.3, 0.4) is 0 Å². The zero-order chi connectivity index (χ0) is 21.3. The lowest BCUT2D eigenvalue weighted by Gasteiger charge is -2.31. The van der Waals surface area contributed by atoms with Crippen LogP contribution < -0.4 is 5.32 Å². The summed E-state index contributed by atoms with van der Waals surface area (Å²) in [5.74, 6) is 1.34. The summed E-state index contributed by atoms with van der Waals surface area (Å²) in [6.07, 6.45) is -2.07. The third-order valence-electron chi connectivity index (χ3n) is 5.22. The average molecular weight is 542 g/mol. The second-order valence-corrected chi connectivity index (χ2v) is 7.52. The number of rotatable bonds is 8. The Labute approximate surface area is 195 Å². The van der Waals surface area contributed by atoms with Gasteiger partial charge >= 0.3 is 6.18 Å². The predicted molar refractivity (Wildman–Crippen MR) is 125 cm³/mol. The Bertz CT molecular complexity index is 632. The second-order valence-electron chi connectivity index (χ2n) is 7.52. The standard InChI is InChI=1S/C21H33F3N4O.HI/c1-4-25-20(26-15-17-9-11-28(12-10-17)13-14-29-3)27(2)16-18-5-7-19(8-6-18)21(22,23)24;/h5-8,17H,4,9-16H2,1-3H3,(H,25,26);1H. The zero-order valence-electron chi connectivity index (χ0n) is 18.0. The van der Waals surface area contributed by atoms with Crippen LogP contribution in [0.1, 0.15) is 30.9 Å². The summed E-state index contributed by atoms with van der Waals surface area (Å²) in [5, 5.41) is 3.28. The molecule has 1 fully saturated rings. The number of halogens is 4. The monoisotopic (exact) mass is 542 g/mol. The van der Waals surface area contributed by atoms with Crippen LogP contribution in [0.25, 0.3) is 0 Å². The molecular weight excluding hydrogens is 508 g/mol. The number of methoxy groups -OCH3 is 1. The first kappa shape index (κ1) is 27.0. The van der Waals surface area contributed by atoms with E-state index in [-0.39, 0.29) is 24.0 Å². The maximum absolute atomic E-state index is 12.7. The van der Waals surface area contributed by atoms with Crippen molar-refractivity contribution in [1.29, 1.82) is 0 Å². The van der Waals surface area contributed by atoms with Crippen molar-refractivity contribution in [3.05, 3.63) is 35.4 Å². The quantitative estimate of drug-likeness (QED) is 0.306. The Kier molecular flexibility index (Phi) is 12.0. The van der Waals surface area contributed by atoms with Crippen LogP contribution in [-0.4, -0.2) is 69.2 Å². The van der Waals surface area contributed by atoms with E-state index in [0.29, 0.717) is 12.5 Å². The third-order valence-corrected chi connectivity index (χ3v) is 5.22. The van der Waals surface area contributed by atoms with E-state index in [1.165, 1.54) is 12.1 Å². The summed E-state index contributed by atoms with van der Waals surface area (Å²) < 4.78 is 43.3. The first-order chi connectivity index (χ1) is 13.8. The summed E-state index contributed by atoms with van der Waals surface area (Å²) in [4.78, 5) is 9.17. The highest BCUT2D eigenvalue weighted by molar-refractivity contribution is 14.0. The Hall–Kier alpha value is -1.07. The highest BCUT2D eigenvalue weighted by atomic mass is 127. The molecule has 0 radical (unpaired) electrons. The minimum Gasteiger partial charge on any atom is -0.383 e. The van der Waals surface area contributed by atoms with Crippen LogP contribution in [0.2, 0.25) is 0 Å². The van der Waals surface area contributed by atoms with Gasteiger partial charge in [0.1, 0.15) is 0 Å². The molecule has 1 aliphatic heterocycles. The Morgan fingerprint density at radius 1 is 1.23 bits per heavy atom. The zero-order valence-corrected chi connectivity index (χ0v) is 20.4. The lowest BCUT2D eigenvalue weighted by atomic mass is 9.97. The molecule has 0 aliphatic carbocycles. The number of guanidine groups is 1. The molecule has 172 valence electrons. The smallest absolute Gasteiger partial charge is 0.383 e. The van der Waals surface area contributed by atoms with Crippen molar-refractivity contribution in [2.45, 2.75) is 32.5 Å². The van der Waals surface area contributed by atoms with Crippen molar-refractivity contribution >= 4 is 29.9 Å². The fraction of sp³-hybridized carbons (Fsp3) is 0.667. The van der Waals surface area contributed by atoms with E-state index in [9.17, 15) is 13.2 Å². The average Bonchev–Trinajstić information content (AvgIpc) is 2.70. The number of hydrogen-bond donors (Lipinski definition) is 1. The molecule has 0 bridgehead atoms. The van der Waals surface area contributed by atoms with Gasteiger partial charge in [0.05, 0.1) is 12.2 Å². The molecule has 1 N–H and O–H groups in total. The van der Waals surface area contributed by atoms with Gasteiger partial charge < -0.3 is 19.9 Å². The molecule has 1 aromatic carbocycles. The van der Waals surface area contributed by atoms with Gasteiger partial charge in [-0.15, -0.1) is 24.0 Å². The number of hydrogen-bond acceptors (Lipinski definition) is 3. The number of likely N-dealkylation sites (tertiary alicyclic amines) is 1. The summed E-state index contributed by atoms with van der Waals surface area (Å²) >= 11 is 0. The molecule has 0 saturated carbocycles. The van der Waals surface area contributed by atoms with Gasteiger partial charge in [-0.05, 0) is 56.5 Å². The molecule has 1 saturated heterocycles. The van der Waals surface area contributed by atoms with Crippen LogP contribution in [0.5, 0.6) is 0 Å². The van der Waals surface area contributed by atoms with Gasteiger partial charge in [0.2, 0.25) is 0 Å². The highest BCUT2D eigenvalue weighted by Crippen LogP contribution is 2.29. The van der Waals surface area contributed by atoms with Crippen molar-refractivity contribution in [1.82, 2.24) is 15.1 Å². The van der Waals surface area contributed by atoms with Crippen molar-refractivity contribution in [2.24, 2.45) is 10.9 Å². The van der Waals surface area contributed by atoms with Gasteiger partial charge in [0, 0.05) is 40.3 Å². The molecule has 0 spiro atoms. The van der Waals surface area contributed by atoms with E-state index in [2.05, 4.69) is 10.2 Å². The molecule has 9 heteroatoms. The summed E-state index contributed by atoms with van der Waals surface area (Å²) in [5.41, 5.74) is 0.193. The van der Waals surface area contributed by atoms with E-state index in [1.54, 1.807) is 7.11 Å². The van der Waals surface area contributed by atoms with E-state index in [0.717, 1.165) is 75.8 Å². The lowest BCUT2D eigenvalue weighted by molar-refractivity contribution is -0.137. The van der Waals surface area contributed by atoms with Gasteiger partial charge in [0.25, 0.3) is 0 Å². The van der Waals surface area contributed by atoms with Gasteiger partial charge in [-0.2, -0.15) is 13.2 Å². The van der Waals surface area contributed by atoms with Crippen LogP contribution in [-0.2, 0) is 17.5 Å². The largest absolute Gasteiger partial charge is 0.416 e. The van der Waals surface area contributed by atoms with Crippen LogP contribution >= 0.6 is 24.0 Å². The fourth-order valence-electron chi connectivity index (χ4n) is 3.45. The Morgan fingerprint density at radius 3 is 2.40 bits per heavy atom. The van der Waals surface area contributed by atoms with Crippen LogP contribution in [0, 0.1) is 5.92 Å². The van der Waals surface area contributed by atoms with E-state index in [4.69, 9.17) is 9.73 Å². The summed E-state index contributed by atoms with van der Waals surface area (Å²) in [6, 6.07) is 5.31. The number of ether oxygens (including phenoxy) is 1. The number of nitrogens with one attached hydrogen (secondary N) is 1. The Balaban J connectivity index is 0.00000450. The van der Waals surface area contributed by atoms with E-state index in [1.807, 2.05) is 18.9 Å². The van der Waals surface area contributed by atoms with Gasteiger partial charge in [-0.1, -0.05) is 12.1 Å². The van der Waals surface area contributed by atoms with E-state index >= 15 is 0 Å². The fourth-order valence-corrected chi connectivity index (χ4v) is 3.45. The maximum atomic E-state index is 12.7. The van der Waals surface area contributed by atoms with Crippen molar-refractivity contribution in [3.63, 3.8) is 0 Å². The third kappa shape index (κ3) is 8.97. The number of aliphatic imine (C=N–C) groups is 1. The van der Waals surface area contributed by atoms with Crippen LogP contribution in [0.15, 0.2) is 29.3 Å². The molecule has 5 nitrogen and oxygen atoms in total. The van der Waals surface area contributed by atoms with Crippen molar-refractivity contribution in [2.75, 3.05) is 53.5 Å². The number of nitrogens with zero attached hydrogens (tertiary/aromatic N) is 3. The molecule has 30 heavy (non-hydrogen) atoms. The molecule has 0 amide bonds. The number of alkyl halides is 3. The topological polar surface area (TPSA) is 40.1 Å². The lowest BCUT2D eigenvalue weighted by Crippen LogP contribution is -2.40. The second kappa shape index (κ2) is 13.4. The van der Waals surface area contributed by atoms with Gasteiger partial charge in [0.15, 0.2) is 5.96 Å². The highest BCUT2D eigenvalue weighted by Gasteiger charge is 2.30. The van der Waals surface area contributed by atoms with Crippen LogP contribution in [0.4, 0.5) is 13.2 Å². The summed E-state index contributed by atoms with van der Waals surface area (Å²) in [7, 11) is 3.64. The van der Waals surface area contributed by atoms with Crippen molar-refractivity contribution in [3.8, 4) is 0 Å². The minimum absolute atomic E-state index is 0. The predicted octanol–water partition coefficient (Wildman–Crippen LogP) is 4.08. The van der Waals surface area contributed by atoms with E-state index < -0.39 is 11.7 Å². The maximum Gasteiger partial charge on any atom is 0.416 e. The molecule has 2 rings (SSSR count). The SMILES string of the molecule is CCNC(=NCC1CCN(CCOC)CC1)N(C)Cc1ccc(C(F)(F)F)cc1.I. The van der Waals surface area contributed by atoms with Gasteiger partial charge in [-0.25, -0.2) is 0 Å². The molecule has 1 heterocycles. The molecular formula is C21H34F3IN4O.